The molecule has 110 valence electrons. The maximum atomic E-state index is 12.2. The van der Waals surface area contributed by atoms with Crippen LogP contribution in [0.25, 0.3) is 6.08 Å². The molecule has 3 heteroatoms. The SMILES string of the molecule is C=CC(=C)Oc1ccc(O)c(C(=O)C=Cc2ccccc2)c1. The van der Waals surface area contributed by atoms with Gasteiger partial charge in [-0.25, -0.2) is 0 Å². The lowest BCUT2D eigenvalue weighted by atomic mass is 10.1. The molecule has 0 aliphatic carbocycles. The number of ether oxygens (including phenoxy) is 1. The lowest BCUT2D eigenvalue weighted by molar-refractivity contribution is 0.104. The molecule has 0 aliphatic heterocycles. The Balaban J connectivity index is 2.21. The molecule has 0 unspecified atom stereocenters. The van der Waals surface area contributed by atoms with Gasteiger partial charge in [-0.15, -0.1) is 0 Å². The van der Waals surface area contributed by atoms with E-state index in [0.29, 0.717) is 11.5 Å². The van der Waals surface area contributed by atoms with Gasteiger partial charge in [-0.2, -0.15) is 0 Å². The second-order valence-electron chi connectivity index (χ2n) is 4.56. The highest BCUT2D eigenvalue weighted by atomic mass is 16.5. The van der Waals surface area contributed by atoms with E-state index in [0.717, 1.165) is 5.56 Å². The average molecular weight is 292 g/mol. The van der Waals surface area contributed by atoms with Crippen molar-refractivity contribution in [2.45, 2.75) is 0 Å². The van der Waals surface area contributed by atoms with Gasteiger partial charge in [-0.05, 0) is 35.9 Å². The van der Waals surface area contributed by atoms with Gasteiger partial charge in [0, 0.05) is 0 Å². The number of rotatable bonds is 6. The molecule has 0 bridgehead atoms. The van der Waals surface area contributed by atoms with Gasteiger partial charge >= 0.3 is 0 Å². The number of benzene rings is 2. The van der Waals surface area contributed by atoms with Crippen LogP contribution in [0.5, 0.6) is 11.5 Å². The van der Waals surface area contributed by atoms with Crippen molar-refractivity contribution in [3.8, 4) is 11.5 Å². The number of ketones is 1. The van der Waals surface area contributed by atoms with Crippen molar-refractivity contribution in [3.05, 3.63) is 90.7 Å². The van der Waals surface area contributed by atoms with Gasteiger partial charge in [-0.1, -0.05) is 49.6 Å². The van der Waals surface area contributed by atoms with Gasteiger partial charge in [0.1, 0.15) is 17.3 Å². The largest absolute Gasteiger partial charge is 0.507 e. The summed E-state index contributed by atoms with van der Waals surface area (Å²) in [7, 11) is 0. The minimum Gasteiger partial charge on any atom is -0.507 e. The molecule has 0 aliphatic rings. The summed E-state index contributed by atoms with van der Waals surface area (Å²) < 4.78 is 5.37. The summed E-state index contributed by atoms with van der Waals surface area (Å²) in [5.41, 5.74) is 1.07. The Morgan fingerprint density at radius 3 is 2.55 bits per heavy atom. The Morgan fingerprint density at radius 2 is 1.86 bits per heavy atom. The molecule has 0 heterocycles. The fraction of sp³-hybridized carbons (Fsp3) is 0. The highest BCUT2D eigenvalue weighted by Gasteiger charge is 2.10. The molecule has 3 nitrogen and oxygen atoms in total. The number of phenolic OH excluding ortho intramolecular Hbond substituents is 1. The molecule has 0 saturated carbocycles. The monoisotopic (exact) mass is 292 g/mol. The Labute approximate surface area is 129 Å². The minimum absolute atomic E-state index is 0.0979. The van der Waals surface area contributed by atoms with E-state index in [9.17, 15) is 9.90 Å². The molecular formula is C19H16O3. The number of hydrogen-bond acceptors (Lipinski definition) is 3. The molecule has 0 saturated heterocycles. The molecule has 0 radical (unpaired) electrons. The molecule has 0 spiro atoms. The molecule has 0 amide bonds. The smallest absolute Gasteiger partial charge is 0.189 e. The topological polar surface area (TPSA) is 46.5 Å². The van der Waals surface area contributed by atoms with E-state index in [1.807, 2.05) is 30.3 Å². The zero-order valence-corrected chi connectivity index (χ0v) is 12.0. The average Bonchev–Trinajstić information content (AvgIpc) is 2.55. The van der Waals surface area contributed by atoms with E-state index in [2.05, 4.69) is 13.2 Å². The van der Waals surface area contributed by atoms with Crippen molar-refractivity contribution in [1.29, 1.82) is 0 Å². The first-order valence-corrected chi connectivity index (χ1v) is 6.70. The van der Waals surface area contributed by atoms with Crippen molar-refractivity contribution in [2.75, 3.05) is 0 Å². The molecule has 0 aromatic heterocycles. The van der Waals surface area contributed by atoms with Crippen molar-refractivity contribution in [3.63, 3.8) is 0 Å². The first-order valence-electron chi connectivity index (χ1n) is 6.70. The molecular weight excluding hydrogens is 276 g/mol. The van der Waals surface area contributed by atoms with Gasteiger partial charge in [0.05, 0.1) is 5.56 Å². The van der Waals surface area contributed by atoms with Crippen LogP contribution >= 0.6 is 0 Å². The van der Waals surface area contributed by atoms with E-state index >= 15 is 0 Å². The lowest BCUT2D eigenvalue weighted by Gasteiger charge is -2.07. The van der Waals surface area contributed by atoms with Crippen LogP contribution in [0.1, 0.15) is 15.9 Å². The van der Waals surface area contributed by atoms with Crippen LogP contribution < -0.4 is 4.74 Å². The molecule has 1 N–H and O–H groups in total. The fourth-order valence-electron chi connectivity index (χ4n) is 1.79. The highest BCUT2D eigenvalue weighted by molar-refractivity contribution is 6.08. The van der Waals surface area contributed by atoms with Gasteiger partial charge in [-0.3, -0.25) is 4.79 Å². The van der Waals surface area contributed by atoms with Crippen LogP contribution in [0.2, 0.25) is 0 Å². The summed E-state index contributed by atoms with van der Waals surface area (Å²) in [6, 6.07) is 13.9. The fourth-order valence-corrected chi connectivity index (χ4v) is 1.79. The van der Waals surface area contributed by atoms with Gasteiger partial charge in [0.2, 0.25) is 0 Å². The third-order valence-corrected chi connectivity index (χ3v) is 2.94. The Hall–Kier alpha value is -3.07. The molecule has 0 atom stereocenters. The van der Waals surface area contributed by atoms with Gasteiger partial charge in [0.15, 0.2) is 5.78 Å². The number of carbonyl (C=O) groups excluding carboxylic acids is 1. The predicted octanol–water partition coefficient (Wildman–Crippen LogP) is 4.37. The summed E-state index contributed by atoms with van der Waals surface area (Å²) in [5.74, 6) is 0.373. The number of carbonyl (C=O) groups is 1. The normalized spacial score (nSPS) is 10.4. The van der Waals surface area contributed by atoms with Crippen molar-refractivity contribution in [2.24, 2.45) is 0 Å². The quantitative estimate of drug-likeness (QED) is 0.372. The maximum Gasteiger partial charge on any atom is 0.189 e. The van der Waals surface area contributed by atoms with Crippen molar-refractivity contribution in [1.82, 2.24) is 0 Å². The van der Waals surface area contributed by atoms with E-state index in [1.54, 1.807) is 12.1 Å². The molecule has 2 aromatic carbocycles. The first-order chi connectivity index (χ1) is 10.6. The third kappa shape index (κ3) is 3.96. The summed E-state index contributed by atoms with van der Waals surface area (Å²) in [6.45, 7) is 7.18. The Morgan fingerprint density at radius 1 is 1.14 bits per heavy atom. The van der Waals surface area contributed by atoms with E-state index in [1.165, 1.54) is 24.3 Å². The van der Waals surface area contributed by atoms with Crippen molar-refractivity contribution >= 4 is 11.9 Å². The zero-order valence-electron chi connectivity index (χ0n) is 12.0. The standard InChI is InChI=1S/C19H16O3/c1-3-14(2)22-16-10-12-19(21)17(13-16)18(20)11-9-15-7-5-4-6-8-15/h3-13,21H,1-2H2. The van der Waals surface area contributed by atoms with E-state index < -0.39 is 0 Å². The molecule has 22 heavy (non-hydrogen) atoms. The second-order valence-corrected chi connectivity index (χ2v) is 4.56. The van der Waals surface area contributed by atoms with E-state index in [-0.39, 0.29) is 17.1 Å². The van der Waals surface area contributed by atoms with E-state index in [4.69, 9.17) is 4.74 Å². The van der Waals surface area contributed by atoms with Crippen LogP contribution in [-0.2, 0) is 0 Å². The molecule has 0 fully saturated rings. The number of phenols is 1. The molecule has 2 aromatic rings. The van der Waals surface area contributed by atoms with Crippen LogP contribution in [-0.4, -0.2) is 10.9 Å². The minimum atomic E-state index is -0.309. The van der Waals surface area contributed by atoms with Crippen LogP contribution in [0, 0.1) is 0 Å². The molecule has 2 rings (SSSR count). The summed E-state index contributed by atoms with van der Waals surface area (Å²) in [4.78, 5) is 12.2. The number of aromatic hydroxyl groups is 1. The van der Waals surface area contributed by atoms with Crippen molar-refractivity contribution < 1.29 is 14.6 Å². The number of hydrogen-bond donors (Lipinski definition) is 1. The zero-order chi connectivity index (χ0) is 15.9. The second kappa shape index (κ2) is 7.09. The third-order valence-electron chi connectivity index (χ3n) is 2.94. The summed E-state index contributed by atoms with van der Waals surface area (Å²) >= 11 is 0. The number of allylic oxidation sites excluding steroid dienone is 2. The van der Waals surface area contributed by atoms with Crippen LogP contribution in [0.4, 0.5) is 0 Å². The first kappa shape index (κ1) is 15.3. The predicted molar refractivity (Wildman–Crippen MR) is 87.9 cm³/mol. The lowest BCUT2D eigenvalue weighted by Crippen LogP contribution is -1.97. The highest BCUT2D eigenvalue weighted by Crippen LogP contribution is 2.25. The maximum absolute atomic E-state index is 12.2. The van der Waals surface area contributed by atoms with Crippen LogP contribution in [0.3, 0.4) is 0 Å². The summed E-state index contributed by atoms with van der Waals surface area (Å²) in [5, 5.41) is 9.84. The van der Waals surface area contributed by atoms with Crippen LogP contribution in [0.15, 0.2) is 79.6 Å². The summed E-state index contributed by atoms with van der Waals surface area (Å²) in [6.07, 6.45) is 4.57. The Bertz CT molecular complexity index is 728. The van der Waals surface area contributed by atoms with Gasteiger partial charge in [0.25, 0.3) is 0 Å². The van der Waals surface area contributed by atoms with Gasteiger partial charge < -0.3 is 9.84 Å². The Kier molecular flexibility index (Phi) is 4.94.